The van der Waals surface area contributed by atoms with Gasteiger partial charge in [-0.2, -0.15) is 0 Å². The number of benzene rings is 2. The average Bonchev–Trinajstić information content (AvgIpc) is 2.69. The zero-order valence-electron chi connectivity index (χ0n) is 14.6. The number of piperazine rings is 1. The van der Waals surface area contributed by atoms with Gasteiger partial charge in [0.05, 0.1) is 4.92 Å². The smallest absolute Gasteiger partial charge is 0.313 e. The van der Waals surface area contributed by atoms with E-state index in [1.165, 1.54) is 29.2 Å². The molecule has 0 aliphatic carbocycles. The second kappa shape index (κ2) is 8.22. The van der Waals surface area contributed by atoms with Crippen LogP contribution < -0.4 is 10.2 Å². The average molecular weight is 407 g/mol. The molecule has 1 heterocycles. The van der Waals surface area contributed by atoms with Gasteiger partial charge >= 0.3 is 11.8 Å². The van der Waals surface area contributed by atoms with Crippen LogP contribution in [0.15, 0.2) is 42.5 Å². The molecule has 0 unspecified atom stereocenters. The second-order valence-corrected chi connectivity index (χ2v) is 6.54. The van der Waals surface area contributed by atoms with Crippen molar-refractivity contribution in [1.82, 2.24) is 4.90 Å². The Bertz CT molecular complexity index is 914. The van der Waals surface area contributed by atoms with Crippen LogP contribution in [-0.2, 0) is 9.59 Å². The van der Waals surface area contributed by atoms with Gasteiger partial charge in [0.15, 0.2) is 0 Å². The Kier molecular flexibility index (Phi) is 5.74. The molecule has 1 N–H and O–H groups in total. The highest BCUT2D eigenvalue weighted by molar-refractivity contribution is 6.39. The van der Waals surface area contributed by atoms with E-state index in [9.17, 15) is 24.1 Å². The molecule has 10 heteroatoms. The highest BCUT2D eigenvalue weighted by Gasteiger charge is 2.26. The summed E-state index contributed by atoms with van der Waals surface area (Å²) in [5, 5.41) is 13.2. The minimum Gasteiger partial charge on any atom is -0.368 e. The summed E-state index contributed by atoms with van der Waals surface area (Å²) in [7, 11) is 0. The third-order valence-electron chi connectivity index (χ3n) is 4.35. The number of carbonyl (C=O) groups is 2. The van der Waals surface area contributed by atoms with E-state index in [2.05, 4.69) is 5.32 Å². The number of halogens is 2. The van der Waals surface area contributed by atoms with Crippen LogP contribution in [0.25, 0.3) is 0 Å². The molecule has 28 heavy (non-hydrogen) atoms. The summed E-state index contributed by atoms with van der Waals surface area (Å²) >= 11 is 5.73. The molecule has 1 saturated heterocycles. The SMILES string of the molecule is O=C(Nc1ccc(Cl)c([N+](=O)[O-])c1)C(=O)N1CCN(c2ccc(F)cc2)CC1. The van der Waals surface area contributed by atoms with Crippen LogP contribution >= 0.6 is 11.6 Å². The van der Waals surface area contributed by atoms with E-state index in [0.717, 1.165) is 11.8 Å². The molecule has 2 aromatic rings. The summed E-state index contributed by atoms with van der Waals surface area (Å²) in [6.07, 6.45) is 0. The molecule has 2 aromatic carbocycles. The van der Waals surface area contributed by atoms with Crippen molar-refractivity contribution in [3.8, 4) is 0 Å². The van der Waals surface area contributed by atoms with Crippen LogP contribution in [0.4, 0.5) is 21.5 Å². The van der Waals surface area contributed by atoms with Crippen molar-refractivity contribution >= 4 is 40.5 Å². The zero-order valence-corrected chi connectivity index (χ0v) is 15.4. The monoisotopic (exact) mass is 406 g/mol. The maximum Gasteiger partial charge on any atom is 0.313 e. The van der Waals surface area contributed by atoms with Crippen LogP contribution in [0.1, 0.15) is 0 Å². The lowest BCUT2D eigenvalue weighted by molar-refractivity contribution is -0.384. The number of nitrogens with one attached hydrogen (secondary N) is 1. The molecule has 0 radical (unpaired) electrons. The predicted molar refractivity (Wildman–Crippen MR) is 102 cm³/mol. The molecule has 0 aromatic heterocycles. The zero-order chi connectivity index (χ0) is 20.3. The molecule has 0 bridgehead atoms. The number of amides is 2. The van der Waals surface area contributed by atoms with Gasteiger partial charge in [-0.3, -0.25) is 19.7 Å². The Labute approximate surface area is 164 Å². The van der Waals surface area contributed by atoms with Gasteiger partial charge < -0.3 is 15.1 Å². The van der Waals surface area contributed by atoms with Gasteiger partial charge in [-0.05, 0) is 36.4 Å². The van der Waals surface area contributed by atoms with Crippen LogP contribution in [0.2, 0.25) is 5.02 Å². The molecular weight excluding hydrogens is 391 g/mol. The maximum absolute atomic E-state index is 13.0. The van der Waals surface area contributed by atoms with Crippen molar-refractivity contribution in [2.45, 2.75) is 0 Å². The van der Waals surface area contributed by atoms with Crippen LogP contribution in [-0.4, -0.2) is 47.8 Å². The van der Waals surface area contributed by atoms with Crippen molar-refractivity contribution in [3.63, 3.8) is 0 Å². The van der Waals surface area contributed by atoms with E-state index in [1.807, 2.05) is 4.90 Å². The number of hydrogen-bond donors (Lipinski definition) is 1. The normalized spacial score (nSPS) is 13.9. The molecular formula is C18H16ClFN4O4. The van der Waals surface area contributed by atoms with Gasteiger partial charge in [0.25, 0.3) is 5.69 Å². The Morgan fingerprint density at radius 1 is 1.07 bits per heavy atom. The van der Waals surface area contributed by atoms with Crippen LogP contribution in [0.5, 0.6) is 0 Å². The summed E-state index contributed by atoms with van der Waals surface area (Å²) in [5.74, 6) is -1.93. The molecule has 1 aliphatic heterocycles. The molecule has 8 nitrogen and oxygen atoms in total. The summed E-state index contributed by atoms with van der Waals surface area (Å²) in [5.41, 5.74) is 0.589. The predicted octanol–water partition coefficient (Wildman–Crippen LogP) is 2.67. The topological polar surface area (TPSA) is 95.8 Å². The van der Waals surface area contributed by atoms with Crippen LogP contribution in [0.3, 0.4) is 0 Å². The van der Waals surface area contributed by atoms with Gasteiger partial charge in [0.1, 0.15) is 10.8 Å². The quantitative estimate of drug-likeness (QED) is 0.480. The summed E-state index contributed by atoms with van der Waals surface area (Å²) < 4.78 is 13.0. The maximum atomic E-state index is 13.0. The Morgan fingerprint density at radius 3 is 2.32 bits per heavy atom. The van der Waals surface area contributed by atoms with Gasteiger partial charge in [0, 0.05) is 43.6 Å². The first kappa shape index (κ1) is 19.6. The fraction of sp³-hybridized carbons (Fsp3) is 0.222. The lowest BCUT2D eigenvalue weighted by Gasteiger charge is -2.35. The molecule has 1 aliphatic rings. The van der Waals surface area contributed by atoms with Crippen LogP contribution in [0, 0.1) is 15.9 Å². The largest absolute Gasteiger partial charge is 0.368 e. The standard InChI is InChI=1S/C18H16ClFN4O4/c19-15-6-3-13(11-16(15)24(27)28)21-17(25)18(26)23-9-7-22(8-10-23)14-4-1-12(20)2-5-14/h1-6,11H,7-10H2,(H,21,25). The first-order valence-corrected chi connectivity index (χ1v) is 8.77. The number of hydrogen-bond acceptors (Lipinski definition) is 5. The van der Waals surface area contributed by atoms with Crippen molar-refractivity contribution in [3.05, 3.63) is 63.4 Å². The van der Waals surface area contributed by atoms with Crippen molar-refractivity contribution in [1.29, 1.82) is 0 Å². The number of nitrogens with zero attached hydrogens (tertiary/aromatic N) is 3. The van der Waals surface area contributed by atoms with Gasteiger partial charge in [-0.15, -0.1) is 0 Å². The summed E-state index contributed by atoms with van der Waals surface area (Å²) in [4.78, 5) is 38.2. The Hall–Kier alpha value is -3.20. The van der Waals surface area contributed by atoms with Gasteiger partial charge in [0.2, 0.25) is 0 Å². The number of carbonyl (C=O) groups excluding carboxylic acids is 2. The summed E-state index contributed by atoms with van der Waals surface area (Å²) in [6, 6.07) is 9.81. The van der Waals surface area contributed by atoms with Crippen molar-refractivity contribution in [2.75, 3.05) is 36.4 Å². The number of nitro benzene ring substituents is 1. The molecule has 0 spiro atoms. The minimum atomic E-state index is -0.883. The third-order valence-corrected chi connectivity index (χ3v) is 4.67. The molecule has 0 atom stereocenters. The highest BCUT2D eigenvalue weighted by atomic mass is 35.5. The fourth-order valence-electron chi connectivity index (χ4n) is 2.88. The van der Waals surface area contributed by atoms with E-state index in [4.69, 9.17) is 11.6 Å². The van der Waals surface area contributed by atoms with E-state index < -0.39 is 16.7 Å². The number of rotatable bonds is 3. The van der Waals surface area contributed by atoms with Gasteiger partial charge in [-0.1, -0.05) is 11.6 Å². The first-order valence-electron chi connectivity index (χ1n) is 8.40. The number of nitro groups is 1. The third kappa shape index (κ3) is 4.37. The van der Waals surface area contributed by atoms with E-state index in [-0.39, 0.29) is 22.2 Å². The molecule has 1 fully saturated rings. The Morgan fingerprint density at radius 2 is 1.71 bits per heavy atom. The molecule has 0 saturated carbocycles. The number of anilines is 2. The fourth-order valence-corrected chi connectivity index (χ4v) is 3.06. The van der Waals surface area contributed by atoms with E-state index >= 15 is 0 Å². The summed E-state index contributed by atoms with van der Waals surface area (Å²) in [6.45, 7) is 1.64. The molecule has 2 amide bonds. The highest BCUT2D eigenvalue weighted by Crippen LogP contribution is 2.27. The Balaban J connectivity index is 1.59. The van der Waals surface area contributed by atoms with Crippen molar-refractivity contribution < 1.29 is 18.9 Å². The minimum absolute atomic E-state index is 0.0637. The molecule has 3 rings (SSSR count). The first-order chi connectivity index (χ1) is 13.3. The second-order valence-electron chi connectivity index (χ2n) is 6.13. The van der Waals surface area contributed by atoms with Crippen molar-refractivity contribution in [2.24, 2.45) is 0 Å². The van der Waals surface area contributed by atoms with E-state index in [1.54, 1.807) is 12.1 Å². The van der Waals surface area contributed by atoms with Gasteiger partial charge in [-0.25, -0.2) is 4.39 Å². The molecule has 146 valence electrons. The lowest BCUT2D eigenvalue weighted by atomic mass is 10.2. The lowest BCUT2D eigenvalue weighted by Crippen LogP contribution is -2.51. The van der Waals surface area contributed by atoms with E-state index in [0.29, 0.717) is 26.2 Å².